The van der Waals surface area contributed by atoms with Gasteiger partial charge in [-0.05, 0) is 86.1 Å². The molecule has 0 atom stereocenters. The minimum absolute atomic E-state index is 0.0814. The zero-order chi connectivity index (χ0) is 25.8. The summed E-state index contributed by atoms with van der Waals surface area (Å²) in [6.07, 6.45) is 16.0. The quantitative estimate of drug-likeness (QED) is 0.270. The lowest BCUT2D eigenvalue weighted by Gasteiger charge is -2.23. The number of aromatic amines is 1. The third-order valence-electron chi connectivity index (χ3n) is 8.45. The maximum atomic E-state index is 6.32. The highest BCUT2D eigenvalue weighted by Gasteiger charge is 2.50. The fraction of sp³-hybridized carbons (Fsp3) is 0.273. The van der Waals surface area contributed by atoms with Crippen LogP contribution in [0.1, 0.15) is 61.8 Å². The summed E-state index contributed by atoms with van der Waals surface area (Å²) in [5.74, 6) is 0.858. The Hall–Kier alpha value is -4.32. The zero-order valence-electron chi connectivity index (χ0n) is 21.7. The standard InChI is InChI=1S/C33H29N5O/c1-2-6-23(7-3-1)39-24-16-22(19-34-20-24)21-9-10-28-27(17-21)31(38-33(28)12-13-33)30-18-26-25(11-15-36-32(26)37-30)29-8-4-5-14-35-29/h4-5,8-11,14-20,23H,1-3,6-7,12-13H2,(H,36,37). The number of nitrogens with zero attached hydrogens (tertiary/aromatic N) is 4. The van der Waals surface area contributed by atoms with Crippen LogP contribution in [0.25, 0.3) is 33.4 Å². The Bertz CT molecular complexity index is 1730. The van der Waals surface area contributed by atoms with Crippen LogP contribution >= 0.6 is 0 Å². The van der Waals surface area contributed by atoms with Gasteiger partial charge < -0.3 is 9.72 Å². The van der Waals surface area contributed by atoms with Gasteiger partial charge in [-0.3, -0.25) is 15.0 Å². The van der Waals surface area contributed by atoms with E-state index in [1.807, 2.05) is 49.1 Å². The summed E-state index contributed by atoms with van der Waals surface area (Å²) >= 11 is 0. The molecule has 3 aliphatic rings. The van der Waals surface area contributed by atoms with Crippen LogP contribution in [-0.4, -0.2) is 31.8 Å². The predicted molar refractivity (Wildman–Crippen MR) is 153 cm³/mol. The Balaban J connectivity index is 1.17. The van der Waals surface area contributed by atoms with E-state index in [0.717, 1.165) is 76.3 Å². The van der Waals surface area contributed by atoms with E-state index in [1.165, 1.54) is 30.4 Å². The summed E-state index contributed by atoms with van der Waals surface area (Å²) in [5.41, 5.74) is 9.49. The van der Waals surface area contributed by atoms with Crippen molar-refractivity contribution in [1.29, 1.82) is 0 Å². The monoisotopic (exact) mass is 511 g/mol. The van der Waals surface area contributed by atoms with Crippen molar-refractivity contribution in [3.63, 3.8) is 0 Å². The lowest BCUT2D eigenvalue weighted by atomic mass is 9.94. The van der Waals surface area contributed by atoms with Crippen LogP contribution in [0.5, 0.6) is 5.75 Å². The van der Waals surface area contributed by atoms with Gasteiger partial charge in [-0.2, -0.15) is 0 Å². The molecule has 0 unspecified atom stereocenters. The molecule has 1 spiro atoms. The fourth-order valence-corrected chi connectivity index (χ4v) is 6.28. The van der Waals surface area contributed by atoms with Crippen molar-refractivity contribution in [2.45, 2.75) is 56.6 Å². The number of nitrogens with one attached hydrogen (secondary N) is 1. The number of pyridine rings is 3. The first-order chi connectivity index (χ1) is 19.3. The van der Waals surface area contributed by atoms with E-state index in [0.29, 0.717) is 6.10 Å². The number of aromatic nitrogens is 4. The molecule has 2 fully saturated rings. The van der Waals surface area contributed by atoms with Crippen LogP contribution in [0.4, 0.5) is 0 Å². The lowest BCUT2D eigenvalue weighted by Crippen LogP contribution is -2.19. The summed E-state index contributed by atoms with van der Waals surface area (Å²) in [5, 5.41) is 1.06. The summed E-state index contributed by atoms with van der Waals surface area (Å²) in [7, 11) is 0. The molecule has 1 aromatic carbocycles. The van der Waals surface area contributed by atoms with Crippen LogP contribution in [0, 0.1) is 0 Å². The molecule has 0 saturated heterocycles. The average Bonchev–Trinajstić information content (AvgIpc) is 3.52. The highest BCUT2D eigenvalue weighted by atomic mass is 16.5. The first kappa shape index (κ1) is 22.6. The first-order valence-corrected chi connectivity index (χ1v) is 14.0. The second-order valence-corrected chi connectivity index (χ2v) is 11.1. The predicted octanol–water partition coefficient (Wildman–Crippen LogP) is 7.24. The van der Waals surface area contributed by atoms with Gasteiger partial charge in [-0.15, -0.1) is 0 Å². The summed E-state index contributed by atoms with van der Waals surface area (Å²) in [4.78, 5) is 22.6. The Labute approximate surface area is 227 Å². The number of fused-ring (bicyclic) bond motifs is 3. The van der Waals surface area contributed by atoms with Crippen molar-refractivity contribution in [3.8, 4) is 28.1 Å². The molecule has 6 nitrogen and oxygen atoms in total. The molecule has 0 bridgehead atoms. The molecule has 2 aliphatic carbocycles. The lowest BCUT2D eigenvalue weighted by molar-refractivity contribution is 0.154. The van der Waals surface area contributed by atoms with Gasteiger partial charge in [0.2, 0.25) is 0 Å². The maximum absolute atomic E-state index is 6.32. The highest BCUT2D eigenvalue weighted by Crippen LogP contribution is 2.55. The van der Waals surface area contributed by atoms with Crippen LogP contribution in [0.2, 0.25) is 0 Å². The van der Waals surface area contributed by atoms with E-state index in [1.54, 1.807) is 0 Å². The zero-order valence-corrected chi connectivity index (χ0v) is 21.7. The van der Waals surface area contributed by atoms with E-state index in [4.69, 9.17) is 9.73 Å². The van der Waals surface area contributed by atoms with Gasteiger partial charge in [0.05, 0.1) is 34.9 Å². The van der Waals surface area contributed by atoms with Gasteiger partial charge in [-0.1, -0.05) is 24.6 Å². The number of hydrogen-bond donors (Lipinski definition) is 1. The average molecular weight is 512 g/mol. The van der Waals surface area contributed by atoms with Crippen molar-refractivity contribution in [1.82, 2.24) is 19.9 Å². The van der Waals surface area contributed by atoms with Crippen LogP contribution in [-0.2, 0) is 5.54 Å². The van der Waals surface area contributed by atoms with Crippen molar-refractivity contribution >= 4 is 16.7 Å². The Morgan fingerprint density at radius 3 is 2.59 bits per heavy atom. The summed E-state index contributed by atoms with van der Waals surface area (Å²) < 4.78 is 6.32. The van der Waals surface area contributed by atoms with Gasteiger partial charge in [0.25, 0.3) is 0 Å². The van der Waals surface area contributed by atoms with Gasteiger partial charge >= 0.3 is 0 Å². The molecule has 39 heavy (non-hydrogen) atoms. The molecular weight excluding hydrogens is 482 g/mol. The van der Waals surface area contributed by atoms with Gasteiger partial charge in [0.15, 0.2) is 0 Å². The molecule has 5 heterocycles. The number of ether oxygens (including phenoxy) is 1. The molecule has 4 aromatic heterocycles. The third kappa shape index (κ3) is 3.94. The molecule has 2 saturated carbocycles. The van der Waals surface area contributed by atoms with Crippen LogP contribution < -0.4 is 4.74 Å². The van der Waals surface area contributed by atoms with Crippen molar-refractivity contribution in [2.24, 2.45) is 4.99 Å². The fourth-order valence-electron chi connectivity index (χ4n) is 6.28. The van der Waals surface area contributed by atoms with Crippen LogP contribution in [0.15, 0.2) is 84.4 Å². The van der Waals surface area contributed by atoms with Crippen molar-refractivity contribution < 1.29 is 4.74 Å². The molecule has 192 valence electrons. The Morgan fingerprint density at radius 2 is 1.74 bits per heavy atom. The number of benzene rings is 1. The van der Waals surface area contributed by atoms with Crippen molar-refractivity contribution in [2.75, 3.05) is 0 Å². The van der Waals surface area contributed by atoms with E-state index in [-0.39, 0.29) is 5.54 Å². The van der Waals surface area contributed by atoms with Crippen molar-refractivity contribution in [3.05, 3.63) is 96.2 Å². The SMILES string of the molecule is c1ccc(-c2ccnc3[nH]c(C4=NC5(CC5)c5ccc(-c6cncc(OC7CCCCC7)c6)cc54)cc23)nc1. The Morgan fingerprint density at radius 1 is 0.821 bits per heavy atom. The highest BCUT2D eigenvalue weighted by molar-refractivity contribution is 6.17. The van der Waals surface area contributed by atoms with Gasteiger partial charge in [0, 0.05) is 40.7 Å². The Kier molecular flexibility index (Phi) is 5.15. The van der Waals surface area contributed by atoms with Gasteiger partial charge in [0.1, 0.15) is 11.4 Å². The first-order valence-electron chi connectivity index (χ1n) is 14.0. The maximum Gasteiger partial charge on any atom is 0.138 e. The normalized spacial score (nSPS) is 17.8. The summed E-state index contributed by atoms with van der Waals surface area (Å²) in [6.45, 7) is 0. The molecule has 5 aromatic rings. The smallest absolute Gasteiger partial charge is 0.138 e. The van der Waals surface area contributed by atoms with E-state index in [2.05, 4.69) is 50.3 Å². The molecule has 1 aliphatic heterocycles. The van der Waals surface area contributed by atoms with E-state index >= 15 is 0 Å². The molecule has 8 rings (SSSR count). The second kappa shape index (κ2) is 8.87. The molecule has 1 N–H and O–H groups in total. The molecule has 0 radical (unpaired) electrons. The number of rotatable bonds is 5. The topological polar surface area (TPSA) is 76.0 Å². The largest absolute Gasteiger partial charge is 0.489 e. The minimum atomic E-state index is -0.0814. The number of aliphatic imine (C=N–C) groups is 1. The van der Waals surface area contributed by atoms with E-state index in [9.17, 15) is 0 Å². The second-order valence-electron chi connectivity index (χ2n) is 11.1. The summed E-state index contributed by atoms with van der Waals surface area (Å²) in [6, 6.07) is 19.1. The van der Waals surface area contributed by atoms with Gasteiger partial charge in [-0.25, -0.2) is 4.98 Å². The number of hydrogen-bond acceptors (Lipinski definition) is 5. The van der Waals surface area contributed by atoms with E-state index < -0.39 is 0 Å². The van der Waals surface area contributed by atoms with Crippen LogP contribution in [0.3, 0.4) is 0 Å². The third-order valence-corrected chi connectivity index (χ3v) is 8.45. The minimum Gasteiger partial charge on any atom is -0.489 e. The molecule has 6 heteroatoms. The molecule has 0 amide bonds. The molecular formula is C33H29N5O. The number of H-pyrrole nitrogens is 1.